The molecule has 2 saturated heterocycles. The van der Waals surface area contributed by atoms with Gasteiger partial charge in [-0.2, -0.15) is 0 Å². The van der Waals surface area contributed by atoms with Crippen LogP contribution in [-0.2, 0) is 16.1 Å². The van der Waals surface area contributed by atoms with Crippen molar-refractivity contribution >= 4 is 5.91 Å². The first-order chi connectivity index (χ1) is 15.2. The molecule has 1 saturated carbocycles. The number of benzene rings is 1. The third kappa shape index (κ3) is 4.91. The van der Waals surface area contributed by atoms with Crippen LogP contribution in [0.15, 0.2) is 36.7 Å². The van der Waals surface area contributed by atoms with Crippen molar-refractivity contribution in [2.75, 3.05) is 32.8 Å². The van der Waals surface area contributed by atoms with Crippen LogP contribution in [0.3, 0.4) is 0 Å². The van der Waals surface area contributed by atoms with E-state index >= 15 is 0 Å². The third-order valence-electron chi connectivity index (χ3n) is 6.46. The molecule has 1 unspecified atom stereocenters. The van der Waals surface area contributed by atoms with Crippen molar-refractivity contribution in [3.63, 3.8) is 0 Å². The molecule has 1 aromatic carbocycles. The van der Waals surface area contributed by atoms with E-state index in [0.717, 1.165) is 38.3 Å². The summed E-state index contributed by atoms with van der Waals surface area (Å²) >= 11 is 0. The highest BCUT2D eigenvalue weighted by atomic mass is 19.1. The Morgan fingerprint density at radius 1 is 1.10 bits per heavy atom. The van der Waals surface area contributed by atoms with Crippen LogP contribution in [0.5, 0.6) is 5.75 Å². The highest BCUT2D eigenvalue weighted by Gasteiger charge is 2.34. The molecule has 5 rings (SSSR count). The number of carbonyl (C=O) groups excluding carboxylic acids is 1. The van der Waals surface area contributed by atoms with Crippen LogP contribution in [0.25, 0.3) is 0 Å². The van der Waals surface area contributed by atoms with Crippen LogP contribution in [0.4, 0.5) is 4.39 Å². The van der Waals surface area contributed by atoms with Crippen LogP contribution >= 0.6 is 0 Å². The standard InChI is InChI=1S/C23H29FN4O3/c24-17-1-5-20(6-2-17)30-15-21-13-28(23(29)16-31-21)19-7-10-26(11-8-19)14-22-25-9-12-27(22)18-3-4-18/h1-2,5-6,9,12,18-19,21H,3-4,7-8,10-11,13-16H2. The quantitative estimate of drug-likeness (QED) is 0.679. The van der Waals surface area contributed by atoms with Gasteiger partial charge < -0.3 is 18.9 Å². The molecule has 7 nitrogen and oxygen atoms in total. The van der Waals surface area contributed by atoms with Crippen LogP contribution in [-0.4, -0.2) is 70.3 Å². The first kappa shape index (κ1) is 20.5. The van der Waals surface area contributed by atoms with Crippen molar-refractivity contribution in [1.82, 2.24) is 19.4 Å². The number of rotatable bonds is 7. The van der Waals surface area contributed by atoms with Gasteiger partial charge >= 0.3 is 0 Å². The van der Waals surface area contributed by atoms with E-state index in [4.69, 9.17) is 9.47 Å². The predicted octanol–water partition coefficient (Wildman–Crippen LogP) is 2.63. The number of hydrogen-bond donors (Lipinski definition) is 0. The Morgan fingerprint density at radius 2 is 1.87 bits per heavy atom. The van der Waals surface area contributed by atoms with Crippen molar-refractivity contribution in [3.05, 3.63) is 48.3 Å². The van der Waals surface area contributed by atoms with E-state index in [1.807, 2.05) is 11.1 Å². The van der Waals surface area contributed by atoms with Gasteiger partial charge in [0, 0.05) is 37.6 Å². The minimum Gasteiger partial charge on any atom is -0.491 e. The number of imidazole rings is 1. The Morgan fingerprint density at radius 3 is 2.61 bits per heavy atom. The number of carbonyl (C=O) groups is 1. The maximum Gasteiger partial charge on any atom is 0.248 e. The lowest BCUT2D eigenvalue weighted by molar-refractivity contribution is -0.155. The van der Waals surface area contributed by atoms with Gasteiger partial charge in [-0.05, 0) is 49.9 Å². The normalized spacial score (nSPS) is 23.3. The fourth-order valence-electron chi connectivity index (χ4n) is 4.56. The van der Waals surface area contributed by atoms with Gasteiger partial charge in [0.15, 0.2) is 0 Å². The van der Waals surface area contributed by atoms with Crippen LogP contribution in [0.2, 0.25) is 0 Å². The summed E-state index contributed by atoms with van der Waals surface area (Å²) < 4.78 is 26.8. The minimum absolute atomic E-state index is 0.0563. The molecule has 1 amide bonds. The summed E-state index contributed by atoms with van der Waals surface area (Å²) in [5.41, 5.74) is 0. The lowest BCUT2D eigenvalue weighted by Gasteiger charge is -2.42. The van der Waals surface area contributed by atoms with Gasteiger partial charge in [-0.15, -0.1) is 0 Å². The molecular formula is C23H29FN4O3. The summed E-state index contributed by atoms with van der Waals surface area (Å²) in [6.07, 6.45) is 8.27. The summed E-state index contributed by atoms with van der Waals surface area (Å²) in [4.78, 5) is 21.5. The molecule has 3 fully saturated rings. The Labute approximate surface area is 181 Å². The van der Waals surface area contributed by atoms with Gasteiger partial charge in [0.2, 0.25) is 5.91 Å². The van der Waals surface area contributed by atoms with E-state index in [2.05, 4.69) is 20.6 Å². The zero-order chi connectivity index (χ0) is 21.2. The molecule has 8 heteroatoms. The van der Waals surface area contributed by atoms with Crippen LogP contribution < -0.4 is 4.74 Å². The van der Waals surface area contributed by atoms with E-state index in [-0.39, 0.29) is 30.5 Å². The highest BCUT2D eigenvalue weighted by Crippen LogP contribution is 2.35. The van der Waals surface area contributed by atoms with Crippen LogP contribution in [0, 0.1) is 5.82 Å². The number of nitrogens with zero attached hydrogens (tertiary/aromatic N) is 4. The van der Waals surface area contributed by atoms with E-state index in [9.17, 15) is 9.18 Å². The smallest absolute Gasteiger partial charge is 0.248 e. The van der Waals surface area contributed by atoms with Crippen molar-refractivity contribution in [2.45, 2.75) is 50.4 Å². The molecule has 3 heterocycles. The number of amides is 1. The third-order valence-corrected chi connectivity index (χ3v) is 6.46. The maximum atomic E-state index is 13.0. The Balaban J connectivity index is 1.11. The van der Waals surface area contributed by atoms with E-state index in [1.165, 1.54) is 25.0 Å². The van der Waals surface area contributed by atoms with Gasteiger partial charge in [-0.3, -0.25) is 9.69 Å². The van der Waals surface area contributed by atoms with Crippen molar-refractivity contribution in [1.29, 1.82) is 0 Å². The second-order valence-electron chi connectivity index (χ2n) is 8.73. The second-order valence-corrected chi connectivity index (χ2v) is 8.73. The van der Waals surface area contributed by atoms with Crippen molar-refractivity contribution in [2.24, 2.45) is 0 Å². The molecule has 3 aliphatic rings. The average Bonchev–Trinajstić information content (AvgIpc) is 3.53. The zero-order valence-corrected chi connectivity index (χ0v) is 17.7. The predicted molar refractivity (Wildman–Crippen MR) is 112 cm³/mol. The topological polar surface area (TPSA) is 59.8 Å². The van der Waals surface area contributed by atoms with E-state index in [1.54, 1.807) is 12.1 Å². The van der Waals surface area contributed by atoms with Gasteiger partial charge in [-0.1, -0.05) is 0 Å². The lowest BCUT2D eigenvalue weighted by atomic mass is 10.0. The molecule has 0 spiro atoms. The Bertz CT molecular complexity index is 890. The summed E-state index contributed by atoms with van der Waals surface area (Å²) in [6, 6.07) is 6.84. The van der Waals surface area contributed by atoms with Gasteiger partial charge in [0.1, 0.15) is 36.7 Å². The number of likely N-dealkylation sites (tertiary alicyclic amines) is 1. The van der Waals surface area contributed by atoms with Crippen molar-refractivity contribution in [3.8, 4) is 5.75 Å². The maximum absolute atomic E-state index is 13.0. The Kier molecular flexibility index (Phi) is 5.91. The molecule has 166 valence electrons. The summed E-state index contributed by atoms with van der Waals surface area (Å²) in [6.45, 7) is 3.78. The molecule has 0 bridgehead atoms. The molecular weight excluding hydrogens is 399 g/mol. The largest absolute Gasteiger partial charge is 0.491 e. The van der Waals surface area contributed by atoms with E-state index < -0.39 is 0 Å². The zero-order valence-electron chi connectivity index (χ0n) is 17.7. The molecule has 1 aromatic heterocycles. The minimum atomic E-state index is -0.291. The first-order valence-electron chi connectivity index (χ1n) is 11.2. The molecule has 1 atom stereocenters. The number of aromatic nitrogens is 2. The SMILES string of the molecule is O=C1COC(COc2ccc(F)cc2)CN1C1CCN(Cc2nccn2C2CC2)CC1. The number of morpholine rings is 1. The Hall–Kier alpha value is -2.45. The number of piperidine rings is 1. The molecule has 31 heavy (non-hydrogen) atoms. The van der Waals surface area contributed by atoms with Gasteiger partial charge in [0.05, 0.1) is 13.1 Å². The number of hydrogen-bond acceptors (Lipinski definition) is 5. The number of ether oxygens (including phenoxy) is 2. The van der Waals surface area contributed by atoms with Crippen molar-refractivity contribution < 1.29 is 18.7 Å². The summed E-state index contributed by atoms with van der Waals surface area (Å²) in [5.74, 6) is 1.52. The van der Waals surface area contributed by atoms with E-state index in [0.29, 0.717) is 24.9 Å². The summed E-state index contributed by atoms with van der Waals surface area (Å²) in [5, 5.41) is 0. The number of halogens is 1. The molecule has 2 aliphatic heterocycles. The second kappa shape index (κ2) is 8.96. The van der Waals surface area contributed by atoms with Gasteiger partial charge in [-0.25, -0.2) is 9.37 Å². The van der Waals surface area contributed by atoms with Gasteiger partial charge in [0.25, 0.3) is 0 Å². The average molecular weight is 429 g/mol. The van der Waals surface area contributed by atoms with Crippen LogP contribution in [0.1, 0.15) is 37.5 Å². The molecule has 1 aliphatic carbocycles. The molecule has 2 aromatic rings. The first-order valence-corrected chi connectivity index (χ1v) is 11.2. The molecule has 0 radical (unpaired) electrons. The lowest BCUT2D eigenvalue weighted by Crippen LogP contribution is -2.55. The summed E-state index contributed by atoms with van der Waals surface area (Å²) in [7, 11) is 0. The molecule has 0 N–H and O–H groups in total. The fourth-order valence-corrected chi connectivity index (χ4v) is 4.56. The highest BCUT2D eigenvalue weighted by molar-refractivity contribution is 5.78. The fraction of sp³-hybridized carbons (Fsp3) is 0.565. The monoisotopic (exact) mass is 428 g/mol.